The molecule has 24 heavy (non-hydrogen) atoms. The zero-order chi connectivity index (χ0) is 18.0. The van der Waals surface area contributed by atoms with E-state index in [9.17, 15) is 23.1 Å². The maximum absolute atomic E-state index is 12.4. The van der Waals surface area contributed by atoms with Gasteiger partial charge in [-0.05, 0) is 37.1 Å². The van der Waals surface area contributed by atoms with Crippen molar-refractivity contribution in [1.29, 1.82) is 0 Å². The molecule has 132 valence electrons. The van der Waals surface area contributed by atoms with E-state index in [1.54, 1.807) is 0 Å². The number of likely N-dealkylation sites (N-methyl/N-ethyl adjacent to an activating group) is 1. The van der Waals surface area contributed by atoms with Gasteiger partial charge in [-0.2, -0.15) is 4.31 Å². The summed E-state index contributed by atoms with van der Waals surface area (Å²) in [6, 6.07) is 5.59. The Labute approximate surface area is 145 Å². The number of rotatable bonds is 6. The van der Waals surface area contributed by atoms with E-state index in [-0.39, 0.29) is 4.90 Å². The van der Waals surface area contributed by atoms with E-state index in [0.29, 0.717) is 30.7 Å². The van der Waals surface area contributed by atoms with Gasteiger partial charge in [-0.25, -0.2) is 13.2 Å². The minimum absolute atomic E-state index is 0.0102. The molecule has 7 nitrogen and oxygen atoms in total. The highest BCUT2D eigenvalue weighted by molar-refractivity contribution is 7.89. The quantitative estimate of drug-likeness (QED) is 0.784. The van der Waals surface area contributed by atoms with Gasteiger partial charge in [-0.3, -0.25) is 4.79 Å². The summed E-state index contributed by atoms with van der Waals surface area (Å²) in [4.78, 5) is 23.6. The van der Waals surface area contributed by atoms with Crippen LogP contribution in [0.4, 0.5) is 0 Å². The van der Waals surface area contributed by atoms with E-state index < -0.39 is 34.0 Å². The molecular formula is C15H19ClN2O5S. The Morgan fingerprint density at radius 2 is 1.79 bits per heavy atom. The van der Waals surface area contributed by atoms with Crippen LogP contribution < -0.4 is 5.32 Å². The lowest BCUT2D eigenvalue weighted by atomic mass is 9.98. The highest BCUT2D eigenvalue weighted by atomic mass is 35.5. The molecule has 1 saturated carbocycles. The fraction of sp³-hybridized carbons (Fsp3) is 0.467. The Morgan fingerprint density at radius 1 is 1.25 bits per heavy atom. The molecule has 0 spiro atoms. The van der Waals surface area contributed by atoms with Gasteiger partial charge in [0.05, 0.1) is 11.4 Å². The van der Waals surface area contributed by atoms with Gasteiger partial charge in [0, 0.05) is 12.1 Å². The van der Waals surface area contributed by atoms with Crippen molar-refractivity contribution in [2.45, 2.75) is 36.1 Å². The average Bonchev–Trinajstić information content (AvgIpc) is 2.97. The van der Waals surface area contributed by atoms with Crippen molar-refractivity contribution in [3.05, 3.63) is 29.3 Å². The number of carbonyl (C=O) groups is 2. The minimum atomic E-state index is -3.86. The Kier molecular flexibility index (Phi) is 5.52. The molecule has 0 saturated heterocycles. The summed E-state index contributed by atoms with van der Waals surface area (Å²) in [5, 5.41) is 12.2. The van der Waals surface area contributed by atoms with E-state index in [0.717, 1.165) is 4.31 Å². The van der Waals surface area contributed by atoms with Crippen LogP contribution in [0.3, 0.4) is 0 Å². The van der Waals surface area contributed by atoms with Gasteiger partial charge in [0.2, 0.25) is 15.9 Å². The predicted octanol–water partition coefficient (Wildman–Crippen LogP) is 1.47. The lowest BCUT2D eigenvalue weighted by molar-refractivity contribution is -0.147. The molecule has 0 radical (unpaired) electrons. The van der Waals surface area contributed by atoms with Crippen LogP contribution in [0.1, 0.15) is 25.7 Å². The molecule has 1 fully saturated rings. The Balaban J connectivity index is 2.08. The second-order valence-electron chi connectivity index (χ2n) is 5.86. The van der Waals surface area contributed by atoms with Crippen molar-refractivity contribution < 1.29 is 23.1 Å². The predicted molar refractivity (Wildman–Crippen MR) is 88.2 cm³/mol. The number of amides is 1. The number of carbonyl (C=O) groups excluding carboxylic acids is 1. The first-order valence-corrected chi connectivity index (χ1v) is 9.25. The topological polar surface area (TPSA) is 104 Å². The third-order valence-electron chi connectivity index (χ3n) is 4.13. The standard InChI is InChI=1S/C15H19ClN2O5S/c1-18(24(22,23)12-6-4-11(16)5-7-12)10-13(19)17-15(14(20)21)8-2-3-9-15/h4-7H,2-3,8-10H2,1H3,(H,17,19)(H,20,21). The number of nitrogens with zero attached hydrogens (tertiary/aromatic N) is 1. The first-order valence-electron chi connectivity index (χ1n) is 7.44. The van der Waals surface area contributed by atoms with Crippen molar-refractivity contribution in [1.82, 2.24) is 9.62 Å². The summed E-state index contributed by atoms with van der Waals surface area (Å²) < 4.78 is 25.7. The number of hydrogen-bond donors (Lipinski definition) is 2. The zero-order valence-electron chi connectivity index (χ0n) is 13.2. The summed E-state index contributed by atoms with van der Waals surface area (Å²) in [7, 11) is -2.59. The van der Waals surface area contributed by atoms with Crippen molar-refractivity contribution >= 4 is 33.5 Å². The van der Waals surface area contributed by atoms with Crippen LogP contribution in [0.15, 0.2) is 29.2 Å². The lowest BCUT2D eigenvalue weighted by Gasteiger charge is -2.26. The van der Waals surface area contributed by atoms with Crippen molar-refractivity contribution in [3.8, 4) is 0 Å². The SMILES string of the molecule is CN(CC(=O)NC1(C(=O)O)CCCC1)S(=O)(=O)c1ccc(Cl)cc1. The zero-order valence-corrected chi connectivity index (χ0v) is 14.7. The second kappa shape index (κ2) is 7.08. The number of carboxylic acid groups (broad SMARTS) is 1. The molecule has 1 aromatic rings. The van der Waals surface area contributed by atoms with E-state index in [1.807, 2.05) is 0 Å². The number of hydrogen-bond acceptors (Lipinski definition) is 4. The van der Waals surface area contributed by atoms with Crippen LogP contribution in [-0.4, -0.2) is 48.8 Å². The number of carboxylic acids is 1. The highest BCUT2D eigenvalue weighted by Gasteiger charge is 2.42. The molecule has 0 heterocycles. The summed E-state index contributed by atoms with van der Waals surface area (Å²) in [5.41, 5.74) is -1.29. The van der Waals surface area contributed by atoms with Crippen LogP contribution in [0, 0.1) is 0 Å². The number of halogens is 1. The molecule has 1 aromatic carbocycles. The summed E-state index contributed by atoms with van der Waals surface area (Å²) >= 11 is 5.74. The van der Waals surface area contributed by atoms with Gasteiger partial charge in [-0.15, -0.1) is 0 Å². The molecular weight excluding hydrogens is 356 g/mol. The molecule has 0 atom stereocenters. The molecule has 0 aromatic heterocycles. The molecule has 1 amide bonds. The van der Waals surface area contributed by atoms with Gasteiger partial charge < -0.3 is 10.4 Å². The van der Waals surface area contributed by atoms with Gasteiger partial charge in [0.25, 0.3) is 0 Å². The fourth-order valence-corrected chi connectivity index (χ4v) is 4.00. The van der Waals surface area contributed by atoms with Crippen molar-refractivity contribution in [3.63, 3.8) is 0 Å². The van der Waals surface area contributed by atoms with Crippen molar-refractivity contribution in [2.24, 2.45) is 0 Å². The Bertz CT molecular complexity index is 727. The molecule has 2 N–H and O–H groups in total. The number of benzene rings is 1. The molecule has 1 aliphatic carbocycles. The van der Waals surface area contributed by atoms with Crippen LogP contribution in [0.2, 0.25) is 5.02 Å². The molecule has 0 bridgehead atoms. The highest BCUT2D eigenvalue weighted by Crippen LogP contribution is 2.30. The average molecular weight is 375 g/mol. The van der Waals surface area contributed by atoms with Crippen LogP contribution in [-0.2, 0) is 19.6 Å². The molecule has 2 rings (SSSR count). The van der Waals surface area contributed by atoms with Gasteiger partial charge in [0.15, 0.2) is 0 Å². The molecule has 0 unspecified atom stereocenters. The maximum atomic E-state index is 12.4. The van der Waals surface area contributed by atoms with E-state index >= 15 is 0 Å². The van der Waals surface area contributed by atoms with E-state index in [1.165, 1.54) is 31.3 Å². The third-order valence-corrected chi connectivity index (χ3v) is 6.20. The number of nitrogens with one attached hydrogen (secondary N) is 1. The largest absolute Gasteiger partial charge is 0.480 e. The van der Waals surface area contributed by atoms with Gasteiger partial charge in [-0.1, -0.05) is 24.4 Å². The van der Waals surface area contributed by atoms with E-state index in [2.05, 4.69) is 5.32 Å². The summed E-state index contributed by atoms with van der Waals surface area (Å²) in [6.07, 6.45) is 2.13. The van der Waals surface area contributed by atoms with Crippen LogP contribution >= 0.6 is 11.6 Å². The number of sulfonamides is 1. The van der Waals surface area contributed by atoms with Crippen molar-refractivity contribution in [2.75, 3.05) is 13.6 Å². The van der Waals surface area contributed by atoms with Gasteiger partial charge >= 0.3 is 5.97 Å². The monoisotopic (exact) mass is 374 g/mol. The summed E-state index contributed by atoms with van der Waals surface area (Å²) in [6.45, 7) is -0.458. The molecule has 9 heteroatoms. The first kappa shape index (κ1) is 18.7. The van der Waals surface area contributed by atoms with Crippen LogP contribution in [0.25, 0.3) is 0 Å². The number of aliphatic carboxylic acids is 1. The molecule has 0 aliphatic heterocycles. The minimum Gasteiger partial charge on any atom is -0.480 e. The summed E-state index contributed by atoms with van der Waals surface area (Å²) in [5.74, 6) is -1.73. The Hall–Kier alpha value is -1.64. The normalized spacial score (nSPS) is 17.0. The second-order valence-corrected chi connectivity index (χ2v) is 8.34. The third kappa shape index (κ3) is 3.88. The lowest BCUT2D eigenvalue weighted by Crippen LogP contribution is -2.54. The first-order chi connectivity index (χ1) is 11.2. The molecule has 1 aliphatic rings. The Morgan fingerprint density at radius 3 is 2.29 bits per heavy atom. The fourth-order valence-electron chi connectivity index (χ4n) is 2.75. The maximum Gasteiger partial charge on any atom is 0.329 e. The van der Waals surface area contributed by atoms with Gasteiger partial charge in [0.1, 0.15) is 5.54 Å². The smallest absolute Gasteiger partial charge is 0.329 e. The van der Waals surface area contributed by atoms with Crippen LogP contribution in [0.5, 0.6) is 0 Å². The van der Waals surface area contributed by atoms with E-state index in [4.69, 9.17) is 11.6 Å².